The first-order valence-electron chi connectivity index (χ1n) is 8.44. The van der Waals surface area contributed by atoms with Crippen LogP contribution in [0.25, 0.3) is 0 Å². The van der Waals surface area contributed by atoms with Crippen molar-refractivity contribution in [1.29, 1.82) is 0 Å². The molecule has 2 atom stereocenters. The smallest absolute Gasteiger partial charge is 0.440 e. The number of aliphatic hydroxyl groups is 1. The van der Waals surface area contributed by atoms with Crippen molar-refractivity contribution >= 4 is 12.2 Å². The summed E-state index contributed by atoms with van der Waals surface area (Å²) in [5, 5.41) is 10.0. The van der Waals surface area contributed by atoms with Crippen LogP contribution in [-0.2, 0) is 14.3 Å². The maximum Gasteiger partial charge on any atom is 0.452 e. The van der Waals surface area contributed by atoms with E-state index < -0.39 is 36.4 Å². The second kappa shape index (κ2) is 8.49. The first-order chi connectivity index (χ1) is 12.9. The molecule has 0 spiro atoms. The van der Waals surface area contributed by atoms with Gasteiger partial charge in [0.25, 0.3) is 0 Å². The average Bonchev–Trinajstić information content (AvgIpc) is 2.47. The van der Waals surface area contributed by atoms with Gasteiger partial charge < -0.3 is 15.2 Å². The van der Waals surface area contributed by atoms with Crippen molar-refractivity contribution in [2.45, 2.75) is 64.4 Å². The summed E-state index contributed by atoms with van der Waals surface area (Å²) >= 11 is 0. The van der Waals surface area contributed by atoms with E-state index in [0.29, 0.717) is 19.3 Å². The highest BCUT2D eigenvalue weighted by molar-refractivity contribution is 5.67. The van der Waals surface area contributed by atoms with E-state index in [-0.39, 0.29) is 18.0 Å². The summed E-state index contributed by atoms with van der Waals surface area (Å²) < 4.78 is 82.7. The van der Waals surface area contributed by atoms with Gasteiger partial charge in [0.05, 0.1) is 6.04 Å². The number of halogens is 6. The largest absolute Gasteiger partial charge is 0.452 e. The molecule has 0 aromatic rings. The van der Waals surface area contributed by atoms with Crippen LogP contribution in [0.2, 0.25) is 0 Å². The lowest BCUT2D eigenvalue weighted by molar-refractivity contribution is -0.475. The zero-order valence-electron chi connectivity index (χ0n) is 15.9. The summed E-state index contributed by atoms with van der Waals surface area (Å²) in [4.78, 5) is 25.8. The van der Waals surface area contributed by atoms with Crippen LogP contribution in [0.1, 0.15) is 40.0 Å². The topological polar surface area (TPSA) is 97.2 Å². The third-order valence-electron chi connectivity index (χ3n) is 4.32. The molecule has 29 heavy (non-hydrogen) atoms. The van der Waals surface area contributed by atoms with Crippen LogP contribution >= 0.6 is 0 Å². The first kappa shape index (κ1) is 25.2. The standard InChI is InChI=1S/C16H22F6N2O5/c1-12(2)4-10(24-9-25)5-13(3,6-12)7-23-11(26)28-8-14(17,18)29-16(21,22)15(19,20)27/h10,27H,4-8H2,1-3H3,(H,23,26). The number of nitrogens with one attached hydrogen (secondary N) is 1. The molecule has 1 amide bonds. The van der Waals surface area contributed by atoms with Gasteiger partial charge in [-0.2, -0.15) is 26.3 Å². The third-order valence-corrected chi connectivity index (χ3v) is 4.32. The number of rotatable bonds is 8. The van der Waals surface area contributed by atoms with Gasteiger partial charge >= 0.3 is 24.4 Å². The van der Waals surface area contributed by atoms with Crippen molar-refractivity contribution in [3.8, 4) is 0 Å². The molecule has 0 aromatic carbocycles. The van der Waals surface area contributed by atoms with E-state index in [4.69, 9.17) is 5.11 Å². The minimum atomic E-state index is -5.90. The van der Waals surface area contributed by atoms with E-state index >= 15 is 0 Å². The zero-order chi connectivity index (χ0) is 22.7. The second-order valence-corrected chi connectivity index (χ2v) is 8.16. The number of hydrogen-bond acceptors (Lipinski definition) is 6. The highest BCUT2D eigenvalue weighted by atomic mass is 19.3. The Morgan fingerprint density at radius 2 is 1.79 bits per heavy atom. The normalized spacial score (nSPS) is 25.1. The molecule has 7 nitrogen and oxygen atoms in total. The van der Waals surface area contributed by atoms with Crippen molar-refractivity contribution < 1.29 is 50.5 Å². The minimum Gasteiger partial charge on any atom is -0.440 e. The van der Waals surface area contributed by atoms with E-state index in [1.807, 2.05) is 13.8 Å². The number of alkyl halides is 6. The quantitative estimate of drug-likeness (QED) is 0.345. The summed E-state index contributed by atoms with van der Waals surface area (Å²) in [6, 6.07) is -0.348. The fourth-order valence-electron chi connectivity index (χ4n) is 3.64. The molecule has 0 radical (unpaired) electrons. The minimum absolute atomic E-state index is 0.0720. The van der Waals surface area contributed by atoms with Gasteiger partial charge in [-0.15, -0.1) is 0 Å². The molecular weight excluding hydrogens is 414 g/mol. The molecule has 0 aromatic heterocycles. The maximum atomic E-state index is 13.2. The number of aliphatic imine (C=N–C) groups is 1. The lowest BCUT2D eigenvalue weighted by atomic mass is 9.63. The van der Waals surface area contributed by atoms with Gasteiger partial charge in [0, 0.05) is 6.54 Å². The van der Waals surface area contributed by atoms with E-state index in [1.165, 1.54) is 6.08 Å². The zero-order valence-corrected chi connectivity index (χ0v) is 15.9. The van der Waals surface area contributed by atoms with Gasteiger partial charge in [-0.25, -0.2) is 19.3 Å². The SMILES string of the molecule is CC1(C)CC(N=C=O)CC(C)(CNC(=O)OCC(F)(F)OC(F)(F)C(O)(F)F)C1. The molecule has 0 saturated heterocycles. The molecule has 0 aliphatic heterocycles. The van der Waals surface area contributed by atoms with E-state index in [2.05, 4.69) is 19.8 Å². The first-order valence-corrected chi connectivity index (χ1v) is 8.44. The van der Waals surface area contributed by atoms with Crippen molar-refractivity contribution in [3.63, 3.8) is 0 Å². The van der Waals surface area contributed by atoms with Crippen LogP contribution in [0.15, 0.2) is 4.99 Å². The summed E-state index contributed by atoms with van der Waals surface area (Å²) in [6.07, 6.45) is -15.1. The van der Waals surface area contributed by atoms with Crippen LogP contribution in [0.5, 0.6) is 0 Å². The lowest BCUT2D eigenvalue weighted by Gasteiger charge is -2.45. The Labute approximate surface area is 162 Å². The van der Waals surface area contributed by atoms with Crippen LogP contribution < -0.4 is 5.32 Å². The number of alkyl carbamates (subject to hydrolysis) is 1. The third kappa shape index (κ3) is 7.82. The molecular formula is C16H22F6N2O5. The molecule has 13 heteroatoms. The Morgan fingerprint density at radius 1 is 1.21 bits per heavy atom. The van der Waals surface area contributed by atoms with E-state index in [1.54, 1.807) is 6.92 Å². The summed E-state index contributed by atoms with van der Waals surface area (Å²) in [5.41, 5.74) is -0.831. The number of nitrogens with zero attached hydrogens (tertiary/aromatic N) is 1. The van der Waals surface area contributed by atoms with Crippen LogP contribution in [-0.4, -0.2) is 54.8 Å². The van der Waals surface area contributed by atoms with Gasteiger partial charge in [-0.3, -0.25) is 0 Å². The molecule has 1 aliphatic rings. The Bertz CT molecular complexity index is 648. The monoisotopic (exact) mass is 436 g/mol. The number of carbonyl (C=O) groups excluding carboxylic acids is 2. The van der Waals surface area contributed by atoms with Gasteiger partial charge in [-0.1, -0.05) is 20.8 Å². The number of ether oxygens (including phenoxy) is 2. The predicted molar refractivity (Wildman–Crippen MR) is 85.1 cm³/mol. The fourth-order valence-corrected chi connectivity index (χ4v) is 3.64. The van der Waals surface area contributed by atoms with Gasteiger partial charge in [0.15, 0.2) is 6.61 Å². The van der Waals surface area contributed by atoms with Gasteiger partial charge in [0.1, 0.15) is 0 Å². The second-order valence-electron chi connectivity index (χ2n) is 8.16. The highest BCUT2D eigenvalue weighted by Gasteiger charge is 2.62. The number of isocyanates is 1. The van der Waals surface area contributed by atoms with Crippen molar-refractivity contribution in [3.05, 3.63) is 0 Å². The molecule has 1 rings (SSSR count). The average molecular weight is 436 g/mol. The number of amides is 1. The summed E-state index contributed by atoms with van der Waals surface area (Å²) in [6.45, 7) is 3.45. The van der Waals surface area contributed by atoms with Crippen molar-refractivity contribution in [2.24, 2.45) is 15.8 Å². The van der Waals surface area contributed by atoms with E-state index in [9.17, 15) is 35.9 Å². The Morgan fingerprint density at radius 3 is 2.31 bits per heavy atom. The summed E-state index contributed by atoms with van der Waals surface area (Å²) in [5.74, 6) is 0. The molecule has 1 aliphatic carbocycles. The molecule has 1 fully saturated rings. The van der Waals surface area contributed by atoms with Crippen LogP contribution in [0.4, 0.5) is 31.1 Å². The summed E-state index contributed by atoms with van der Waals surface area (Å²) in [7, 11) is 0. The Kier molecular flexibility index (Phi) is 7.37. The fraction of sp³-hybridized carbons (Fsp3) is 0.875. The van der Waals surface area contributed by atoms with E-state index in [0.717, 1.165) is 0 Å². The predicted octanol–water partition coefficient (Wildman–Crippen LogP) is 3.42. The number of carbonyl (C=O) groups is 1. The molecule has 1 saturated carbocycles. The lowest BCUT2D eigenvalue weighted by Crippen LogP contribution is -2.49. The van der Waals surface area contributed by atoms with Gasteiger partial charge in [0.2, 0.25) is 6.08 Å². The molecule has 2 N–H and O–H groups in total. The molecule has 168 valence electrons. The van der Waals surface area contributed by atoms with Crippen molar-refractivity contribution in [2.75, 3.05) is 13.2 Å². The highest BCUT2D eigenvalue weighted by Crippen LogP contribution is 2.46. The maximum absolute atomic E-state index is 13.2. The molecule has 2 unspecified atom stereocenters. The molecule has 0 bridgehead atoms. The van der Waals surface area contributed by atoms with Crippen LogP contribution in [0.3, 0.4) is 0 Å². The number of hydrogen-bond donors (Lipinski definition) is 2. The Balaban J connectivity index is 2.61. The molecule has 0 heterocycles. The van der Waals surface area contributed by atoms with Crippen LogP contribution in [0, 0.1) is 10.8 Å². The van der Waals surface area contributed by atoms with Crippen molar-refractivity contribution in [1.82, 2.24) is 5.32 Å². The van der Waals surface area contributed by atoms with Gasteiger partial charge in [-0.05, 0) is 30.1 Å². The Hall–Kier alpha value is -1.85.